The molecular weight excluding hydrogens is 184 g/mol. The molecule has 0 bridgehead atoms. The van der Waals surface area contributed by atoms with E-state index in [0.29, 0.717) is 6.04 Å². The van der Waals surface area contributed by atoms with Crippen molar-refractivity contribution >= 4 is 17.8 Å². The van der Waals surface area contributed by atoms with E-state index < -0.39 is 0 Å². The second-order valence-electron chi connectivity index (χ2n) is 3.31. The lowest BCUT2D eigenvalue weighted by molar-refractivity contribution is 0.238. The first-order valence-electron chi connectivity index (χ1n) is 4.95. The Hall–Kier alpha value is -0.380. The van der Waals surface area contributed by atoms with Gasteiger partial charge in [-0.1, -0.05) is 13.3 Å². The van der Waals surface area contributed by atoms with Crippen LogP contribution in [-0.4, -0.2) is 30.1 Å². The van der Waals surface area contributed by atoms with Gasteiger partial charge in [0.15, 0.2) is 0 Å². The SMILES string of the molecule is CCCCNC(=O)NC1CCSC1. The minimum atomic E-state index is 0.000880. The number of amides is 2. The number of hydrogen-bond donors (Lipinski definition) is 2. The smallest absolute Gasteiger partial charge is 0.315 e. The summed E-state index contributed by atoms with van der Waals surface area (Å²) in [4.78, 5) is 11.2. The normalized spacial score (nSPS) is 21.5. The summed E-state index contributed by atoms with van der Waals surface area (Å²) in [5, 5.41) is 5.82. The molecule has 0 radical (unpaired) electrons. The predicted molar refractivity (Wildman–Crippen MR) is 57.2 cm³/mol. The highest BCUT2D eigenvalue weighted by Crippen LogP contribution is 2.16. The maximum Gasteiger partial charge on any atom is 0.315 e. The third-order valence-electron chi connectivity index (χ3n) is 2.08. The number of nitrogens with one attached hydrogen (secondary N) is 2. The number of urea groups is 1. The maximum atomic E-state index is 11.2. The van der Waals surface area contributed by atoms with Crippen LogP contribution < -0.4 is 10.6 Å². The van der Waals surface area contributed by atoms with E-state index in [1.165, 1.54) is 5.75 Å². The zero-order valence-electron chi connectivity index (χ0n) is 8.14. The average molecular weight is 202 g/mol. The van der Waals surface area contributed by atoms with Crippen molar-refractivity contribution in [3.8, 4) is 0 Å². The minimum Gasteiger partial charge on any atom is -0.338 e. The van der Waals surface area contributed by atoms with Gasteiger partial charge in [0.25, 0.3) is 0 Å². The monoisotopic (exact) mass is 202 g/mol. The summed E-state index contributed by atoms with van der Waals surface area (Å²) >= 11 is 1.91. The largest absolute Gasteiger partial charge is 0.338 e. The lowest BCUT2D eigenvalue weighted by Crippen LogP contribution is -2.42. The Bertz CT molecular complexity index is 158. The van der Waals surface area contributed by atoms with Crippen molar-refractivity contribution in [1.82, 2.24) is 10.6 Å². The molecule has 1 heterocycles. The molecule has 2 amide bonds. The number of carbonyl (C=O) groups is 1. The van der Waals surface area contributed by atoms with Gasteiger partial charge in [0.2, 0.25) is 0 Å². The molecular formula is C9H18N2OS. The number of hydrogen-bond acceptors (Lipinski definition) is 2. The molecule has 0 aliphatic carbocycles. The molecule has 1 fully saturated rings. The molecule has 1 aliphatic heterocycles. The molecule has 13 heavy (non-hydrogen) atoms. The number of carbonyl (C=O) groups excluding carboxylic acids is 1. The molecule has 1 atom stereocenters. The molecule has 0 aromatic carbocycles. The number of thioether (sulfide) groups is 1. The Labute approximate surface area is 84.0 Å². The summed E-state index contributed by atoms with van der Waals surface area (Å²) in [5.41, 5.74) is 0. The van der Waals surface area contributed by atoms with Gasteiger partial charge in [0.05, 0.1) is 0 Å². The first-order chi connectivity index (χ1) is 6.33. The van der Waals surface area contributed by atoms with Crippen LogP contribution in [0.2, 0.25) is 0 Å². The van der Waals surface area contributed by atoms with Gasteiger partial charge in [0.1, 0.15) is 0 Å². The van der Waals surface area contributed by atoms with Crippen LogP contribution in [0, 0.1) is 0 Å². The fraction of sp³-hybridized carbons (Fsp3) is 0.889. The first kappa shape index (κ1) is 10.7. The Balaban J connectivity index is 2.02. The van der Waals surface area contributed by atoms with Crippen LogP contribution in [0.4, 0.5) is 4.79 Å². The molecule has 0 aromatic heterocycles. The van der Waals surface area contributed by atoms with Crippen LogP contribution in [-0.2, 0) is 0 Å². The van der Waals surface area contributed by atoms with E-state index in [9.17, 15) is 4.79 Å². The van der Waals surface area contributed by atoms with Crippen molar-refractivity contribution in [1.29, 1.82) is 0 Å². The molecule has 1 saturated heterocycles. The van der Waals surface area contributed by atoms with Gasteiger partial charge in [0, 0.05) is 18.3 Å². The predicted octanol–water partition coefficient (Wildman–Crippen LogP) is 1.59. The standard InChI is InChI=1S/C9H18N2OS/c1-2-3-5-10-9(12)11-8-4-6-13-7-8/h8H,2-7H2,1H3,(H2,10,11,12). The molecule has 2 N–H and O–H groups in total. The van der Waals surface area contributed by atoms with Crippen LogP contribution in [0.3, 0.4) is 0 Å². The maximum absolute atomic E-state index is 11.2. The van der Waals surface area contributed by atoms with E-state index in [1.54, 1.807) is 0 Å². The molecule has 0 saturated carbocycles. The van der Waals surface area contributed by atoms with Crippen molar-refractivity contribution in [2.75, 3.05) is 18.1 Å². The number of unbranched alkanes of at least 4 members (excludes halogenated alkanes) is 1. The van der Waals surface area contributed by atoms with Crippen LogP contribution in [0.15, 0.2) is 0 Å². The summed E-state index contributed by atoms with van der Waals surface area (Å²) in [6, 6.07) is 0.396. The third kappa shape index (κ3) is 4.41. The third-order valence-corrected chi connectivity index (χ3v) is 3.24. The van der Waals surface area contributed by atoms with Crippen molar-refractivity contribution in [3.05, 3.63) is 0 Å². The molecule has 0 aromatic rings. The van der Waals surface area contributed by atoms with E-state index in [-0.39, 0.29) is 6.03 Å². The van der Waals surface area contributed by atoms with Crippen LogP contribution in [0.1, 0.15) is 26.2 Å². The second-order valence-corrected chi connectivity index (χ2v) is 4.46. The van der Waals surface area contributed by atoms with Crippen molar-refractivity contribution < 1.29 is 4.79 Å². The lowest BCUT2D eigenvalue weighted by Gasteiger charge is -2.11. The highest BCUT2D eigenvalue weighted by molar-refractivity contribution is 7.99. The van der Waals surface area contributed by atoms with Gasteiger partial charge in [-0.25, -0.2) is 4.79 Å². The first-order valence-corrected chi connectivity index (χ1v) is 6.10. The van der Waals surface area contributed by atoms with E-state index in [4.69, 9.17) is 0 Å². The summed E-state index contributed by atoms with van der Waals surface area (Å²) in [7, 11) is 0. The average Bonchev–Trinajstić information content (AvgIpc) is 2.57. The van der Waals surface area contributed by atoms with E-state index in [0.717, 1.165) is 31.6 Å². The van der Waals surface area contributed by atoms with Gasteiger partial charge in [-0.2, -0.15) is 11.8 Å². The van der Waals surface area contributed by atoms with Crippen molar-refractivity contribution in [2.24, 2.45) is 0 Å². The minimum absolute atomic E-state index is 0.000880. The van der Waals surface area contributed by atoms with Crippen LogP contribution in [0.5, 0.6) is 0 Å². The fourth-order valence-corrected chi connectivity index (χ4v) is 2.42. The topological polar surface area (TPSA) is 41.1 Å². The molecule has 1 aliphatic rings. The fourth-order valence-electron chi connectivity index (χ4n) is 1.26. The van der Waals surface area contributed by atoms with Crippen LogP contribution >= 0.6 is 11.8 Å². The molecule has 1 unspecified atom stereocenters. The van der Waals surface area contributed by atoms with Gasteiger partial charge in [-0.3, -0.25) is 0 Å². The molecule has 0 spiro atoms. The Morgan fingerprint density at radius 3 is 3.08 bits per heavy atom. The van der Waals surface area contributed by atoms with Crippen LogP contribution in [0.25, 0.3) is 0 Å². The van der Waals surface area contributed by atoms with Gasteiger partial charge in [-0.15, -0.1) is 0 Å². The highest BCUT2D eigenvalue weighted by Gasteiger charge is 2.16. The highest BCUT2D eigenvalue weighted by atomic mass is 32.2. The van der Waals surface area contributed by atoms with E-state index >= 15 is 0 Å². The summed E-state index contributed by atoms with van der Waals surface area (Å²) in [6.45, 7) is 2.91. The molecule has 76 valence electrons. The molecule has 3 nitrogen and oxygen atoms in total. The second kappa shape index (κ2) is 6.13. The van der Waals surface area contributed by atoms with Crippen molar-refractivity contribution in [2.45, 2.75) is 32.2 Å². The summed E-state index contributed by atoms with van der Waals surface area (Å²) in [6.07, 6.45) is 3.30. The summed E-state index contributed by atoms with van der Waals surface area (Å²) in [5.74, 6) is 2.25. The number of rotatable bonds is 4. The van der Waals surface area contributed by atoms with Gasteiger partial charge >= 0.3 is 6.03 Å². The lowest BCUT2D eigenvalue weighted by atomic mass is 10.3. The van der Waals surface area contributed by atoms with E-state index in [1.807, 2.05) is 11.8 Å². The van der Waals surface area contributed by atoms with Crippen molar-refractivity contribution in [3.63, 3.8) is 0 Å². The summed E-state index contributed by atoms with van der Waals surface area (Å²) < 4.78 is 0. The zero-order chi connectivity index (χ0) is 9.52. The molecule has 4 heteroatoms. The Kier molecular flexibility index (Phi) is 5.05. The van der Waals surface area contributed by atoms with E-state index in [2.05, 4.69) is 17.6 Å². The zero-order valence-corrected chi connectivity index (χ0v) is 8.95. The Morgan fingerprint density at radius 1 is 1.62 bits per heavy atom. The quantitative estimate of drug-likeness (QED) is 0.680. The Morgan fingerprint density at radius 2 is 2.46 bits per heavy atom. The van der Waals surface area contributed by atoms with Gasteiger partial charge in [-0.05, 0) is 18.6 Å². The van der Waals surface area contributed by atoms with Gasteiger partial charge < -0.3 is 10.6 Å². The molecule has 1 rings (SSSR count).